The first-order valence-electron chi connectivity index (χ1n) is 3.77. The molecule has 1 rings (SSSR count). The first-order valence-corrected chi connectivity index (χ1v) is 4.94. The van der Waals surface area contributed by atoms with Gasteiger partial charge in [-0.05, 0) is 19.2 Å². The van der Waals surface area contributed by atoms with Crippen molar-refractivity contribution in [2.24, 2.45) is 4.99 Å². The van der Waals surface area contributed by atoms with Crippen LogP contribution < -0.4 is 0 Å². The van der Waals surface area contributed by atoms with Crippen molar-refractivity contribution >= 4 is 17.8 Å². The van der Waals surface area contributed by atoms with Crippen molar-refractivity contribution in [3.8, 4) is 0 Å². The standard InChI is InChI=1S/C9H11NO2S/c1-7-3-5-8(6-4-7)9(10-2)13(11)12/h3-6,9H,2H2,1H3,(H,11,12). The predicted octanol–water partition coefficient (Wildman–Crippen LogP) is 1.92. The quantitative estimate of drug-likeness (QED) is 0.594. The molecule has 0 amide bonds. The Labute approximate surface area is 79.8 Å². The Kier molecular flexibility index (Phi) is 3.33. The SMILES string of the molecule is C=NC(c1ccc(C)cc1)S(=O)O. The molecule has 0 saturated carbocycles. The smallest absolute Gasteiger partial charge is 0.183 e. The molecule has 1 aromatic rings. The maximum Gasteiger partial charge on any atom is 0.183 e. The summed E-state index contributed by atoms with van der Waals surface area (Å²) in [5.41, 5.74) is 1.82. The zero-order valence-electron chi connectivity index (χ0n) is 7.30. The largest absolute Gasteiger partial charge is 0.304 e. The van der Waals surface area contributed by atoms with Gasteiger partial charge in [-0.25, -0.2) is 4.21 Å². The van der Waals surface area contributed by atoms with Gasteiger partial charge in [-0.15, -0.1) is 0 Å². The van der Waals surface area contributed by atoms with Crippen LogP contribution in [-0.4, -0.2) is 15.5 Å². The van der Waals surface area contributed by atoms with Crippen LogP contribution in [0.5, 0.6) is 0 Å². The summed E-state index contributed by atoms with van der Waals surface area (Å²) < 4.78 is 19.7. The summed E-state index contributed by atoms with van der Waals surface area (Å²) in [5.74, 6) is 0. The summed E-state index contributed by atoms with van der Waals surface area (Å²) in [7, 11) is 0. The molecule has 1 N–H and O–H groups in total. The Morgan fingerprint density at radius 1 is 1.46 bits per heavy atom. The Bertz CT molecular complexity index is 321. The molecule has 0 aliphatic rings. The van der Waals surface area contributed by atoms with E-state index in [-0.39, 0.29) is 0 Å². The molecule has 13 heavy (non-hydrogen) atoms. The second-order valence-corrected chi connectivity index (χ2v) is 3.72. The van der Waals surface area contributed by atoms with Gasteiger partial charge >= 0.3 is 0 Å². The maximum absolute atomic E-state index is 10.8. The van der Waals surface area contributed by atoms with Gasteiger partial charge in [0.25, 0.3) is 0 Å². The molecule has 0 aliphatic carbocycles. The molecule has 70 valence electrons. The average molecular weight is 197 g/mol. The first-order chi connectivity index (χ1) is 6.15. The van der Waals surface area contributed by atoms with Gasteiger partial charge in [-0.3, -0.25) is 4.99 Å². The van der Waals surface area contributed by atoms with Crippen molar-refractivity contribution in [1.29, 1.82) is 0 Å². The van der Waals surface area contributed by atoms with E-state index in [1.54, 1.807) is 12.1 Å². The highest BCUT2D eigenvalue weighted by atomic mass is 32.2. The van der Waals surface area contributed by atoms with Gasteiger partial charge in [0.1, 0.15) is 0 Å². The van der Waals surface area contributed by atoms with Crippen LogP contribution in [0.4, 0.5) is 0 Å². The summed E-state index contributed by atoms with van der Waals surface area (Å²) in [4.78, 5) is 3.59. The fraction of sp³-hybridized carbons (Fsp3) is 0.222. The lowest BCUT2D eigenvalue weighted by Gasteiger charge is -2.07. The van der Waals surface area contributed by atoms with Gasteiger partial charge in [0, 0.05) is 0 Å². The van der Waals surface area contributed by atoms with Crippen molar-refractivity contribution in [2.75, 3.05) is 0 Å². The number of aryl methyl sites for hydroxylation is 1. The van der Waals surface area contributed by atoms with Crippen molar-refractivity contribution in [1.82, 2.24) is 0 Å². The summed E-state index contributed by atoms with van der Waals surface area (Å²) >= 11 is -1.99. The van der Waals surface area contributed by atoms with E-state index in [1.165, 1.54) is 0 Å². The fourth-order valence-corrected chi connectivity index (χ4v) is 1.53. The van der Waals surface area contributed by atoms with Gasteiger partial charge in [0.2, 0.25) is 0 Å². The molecule has 3 nitrogen and oxygen atoms in total. The minimum atomic E-state index is -1.99. The maximum atomic E-state index is 10.8. The Morgan fingerprint density at radius 3 is 2.38 bits per heavy atom. The Hall–Kier alpha value is -1.00. The molecule has 0 spiro atoms. The Morgan fingerprint density at radius 2 is 2.00 bits per heavy atom. The lowest BCUT2D eigenvalue weighted by atomic mass is 10.1. The predicted molar refractivity (Wildman–Crippen MR) is 54.2 cm³/mol. The third-order valence-electron chi connectivity index (χ3n) is 1.72. The van der Waals surface area contributed by atoms with Crippen molar-refractivity contribution in [3.63, 3.8) is 0 Å². The third-order valence-corrected chi connectivity index (χ3v) is 2.52. The number of hydrogen-bond acceptors (Lipinski definition) is 2. The van der Waals surface area contributed by atoms with E-state index >= 15 is 0 Å². The summed E-state index contributed by atoms with van der Waals surface area (Å²) in [5, 5.41) is -0.736. The Balaban J connectivity index is 2.99. The summed E-state index contributed by atoms with van der Waals surface area (Å²) in [6.07, 6.45) is 0. The molecule has 0 saturated heterocycles. The van der Waals surface area contributed by atoms with Gasteiger partial charge < -0.3 is 4.55 Å². The average Bonchev–Trinajstić information content (AvgIpc) is 2.09. The number of nitrogens with zero attached hydrogens (tertiary/aromatic N) is 1. The third kappa shape index (κ3) is 2.47. The van der Waals surface area contributed by atoms with Gasteiger partial charge in [0.15, 0.2) is 16.5 Å². The van der Waals surface area contributed by atoms with E-state index in [9.17, 15) is 4.21 Å². The van der Waals surface area contributed by atoms with E-state index in [2.05, 4.69) is 11.7 Å². The van der Waals surface area contributed by atoms with E-state index in [0.29, 0.717) is 5.56 Å². The molecule has 0 heterocycles. The zero-order chi connectivity index (χ0) is 9.84. The van der Waals surface area contributed by atoms with E-state index in [1.807, 2.05) is 19.1 Å². The second-order valence-electron chi connectivity index (χ2n) is 2.72. The van der Waals surface area contributed by atoms with Crippen LogP contribution >= 0.6 is 0 Å². The number of aliphatic imine (C=N–C) groups is 1. The van der Waals surface area contributed by atoms with E-state index in [0.717, 1.165) is 5.56 Å². The number of benzene rings is 1. The number of hydrogen-bond donors (Lipinski definition) is 1. The van der Waals surface area contributed by atoms with E-state index in [4.69, 9.17) is 4.55 Å². The normalized spacial score (nSPS) is 14.9. The highest BCUT2D eigenvalue weighted by Gasteiger charge is 2.13. The molecular weight excluding hydrogens is 186 g/mol. The minimum Gasteiger partial charge on any atom is -0.304 e. The highest BCUT2D eigenvalue weighted by molar-refractivity contribution is 7.79. The lowest BCUT2D eigenvalue weighted by molar-refractivity contribution is 0.552. The minimum absolute atomic E-state index is 0.710. The summed E-state index contributed by atoms with van der Waals surface area (Å²) in [6, 6.07) is 7.31. The van der Waals surface area contributed by atoms with Crippen LogP contribution in [-0.2, 0) is 11.1 Å². The van der Waals surface area contributed by atoms with E-state index < -0.39 is 16.5 Å². The topological polar surface area (TPSA) is 49.7 Å². The van der Waals surface area contributed by atoms with Gasteiger partial charge in [0.05, 0.1) is 0 Å². The van der Waals surface area contributed by atoms with Crippen molar-refractivity contribution in [3.05, 3.63) is 35.4 Å². The molecule has 2 atom stereocenters. The highest BCUT2D eigenvalue weighted by Crippen LogP contribution is 2.19. The molecule has 1 aromatic carbocycles. The number of rotatable bonds is 3. The zero-order valence-corrected chi connectivity index (χ0v) is 8.12. The van der Waals surface area contributed by atoms with Crippen LogP contribution in [0.1, 0.15) is 16.5 Å². The lowest BCUT2D eigenvalue weighted by Crippen LogP contribution is -2.01. The first kappa shape index (κ1) is 10.1. The molecule has 2 unspecified atom stereocenters. The molecule has 0 aliphatic heterocycles. The molecule has 0 aromatic heterocycles. The van der Waals surface area contributed by atoms with Crippen molar-refractivity contribution < 1.29 is 8.76 Å². The van der Waals surface area contributed by atoms with Crippen LogP contribution in [0.3, 0.4) is 0 Å². The monoisotopic (exact) mass is 197 g/mol. The molecule has 0 fully saturated rings. The molecule has 0 bridgehead atoms. The van der Waals surface area contributed by atoms with Crippen LogP contribution in [0.15, 0.2) is 29.3 Å². The fourth-order valence-electron chi connectivity index (χ4n) is 1.02. The van der Waals surface area contributed by atoms with Crippen LogP contribution in [0.25, 0.3) is 0 Å². The van der Waals surface area contributed by atoms with Crippen LogP contribution in [0.2, 0.25) is 0 Å². The van der Waals surface area contributed by atoms with Gasteiger partial charge in [-0.2, -0.15) is 0 Å². The van der Waals surface area contributed by atoms with Gasteiger partial charge in [-0.1, -0.05) is 29.8 Å². The molecule has 0 radical (unpaired) electrons. The van der Waals surface area contributed by atoms with Crippen LogP contribution in [0, 0.1) is 6.92 Å². The molecule has 4 heteroatoms. The summed E-state index contributed by atoms with van der Waals surface area (Å²) in [6.45, 7) is 5.23. The van der Waals surface area contributed by atoms with Crippen molar-refractivity contribution in [2.45, 2.75) is 12.3 Å². The molecular formula is C9H11NO2S. The second kappa shape index (κ2) is 4.30.